The molecule has 5 nitrogen and oxygen atoms in total. The summed E-state index contributed by atoms with van der Waals surface area (Å²) in [5.41, 5.74) is -0.469. The number of likely N-dealkylation sites (N-methyl/N-ethyl adjacent to an activating group) is 1. The summed E-state index contributed by atoms with van der Waals surface area (Å²) in [5.74, 6) is 0. The van der Waals surface area contributed by atoms with E-state index in [2.05, 4.69) is 5.32 Å². The minimum absolute atomic E-state index is 0.116. The maximum Gasteiger partial charge on any atom is 0.410 e. The number of nitrogens with one attached hydrogen (secondary N) is 1. The Hall–Kier alpha value is -0.810. The predicted molar refractivity (Wildman–Crippen MR) is 79.7 cm³/mol. The number of aliphatic hydroxyl groups excluding tert-OH is 1. The lowest BCUT2D eigenvalue weighted by molar-refractivity contribution is 0.00344. The van der Waals surface area contributed by atoms with Crippen LogP contribution in [0.4, 0.5) is 4.79 Å². The van der Waals surface area contributed by atoms with Crippen LogP contribution in [0, 0.1) is 0 Å². The van der Waals surface area contributed by atoms with Gasteiger partial charge in [-0.3, -0.25) is 0 Å². The van der Waals surface area contributed by atoms with Gasteiger partial charge in [0.05, 0.1) is 6.04 Å². The zero-order valence-corrected chi connectivity index (χ0v) is 13.3. The van der Waals surface area contributed by atoms with Crippen LogP contribution in [-0.2, 0) is 4.74 Å². The molecule has 0 spiro atoms. The molecule has 0 aromatic heterocycles. The minimum Gasteiger partial charge on any atom is -0.444 e. The second-order valence-corrected chi connectivity index (χ2v) is 6.41. The van der Waals surface area contributed by atoms with Gasteiger partial charge >= 0.3 is 6.09 Å². The fourth-order valence-electron chi connectivity index (χ4n) is 2.75. The van der Waals surface area contributed by atoms with Crippen molar-refractivity contribution in [2.75, 3.05) is 19.7 Å². The fourth-order valence-corrected chi connectivity index (χ4v) is 2.75. The quantitative estimate of drug-likeness (QED) is 0.813. The van der Waals surface area contributed by atoms with Crippen molar-refractivity contribution in [3.05, 3.63) is 0 Å². The minimum atomic E-state index is -0.469. The van der Waals surface area contributed by atoms with E-state index in [4.69, 9.17) is 4.74 Å². The molecule has 2 unspecified atom stereocenters. The highest BCUT2D eigenvalue weighted by Gasteiger charge is 2.34. The molecule has 0 aliphatic carbocycles. The fraction of sp³-hybridized carbons (Fsp3) is 0.933. The third-order valence-corrected chi connectivity index (χ3v) is 3.55. The van der Waals surface area contributed by atoms with E-state index in [0.29, 0.717) is 6.42 Å². The molecule has 20 heavy (non-hydrogen) atoms. The Kier molecular flexibility index (Phi) is 6.76. The van der Waals surface area contributed by atoms with Gasteiger partial charge in [-0.2, -0.15) is 0 Å². The Balaban J connectivity index is 2.76. The van der Waals surface area contributed by atoms with E-state index in [1.165, 1.54) is 0 Å². The highest BCUT2D eigenvalue weighted by molar-refractivity contribution is 5.68. The van der Waals surface area contributed by atoms with Gasteiger partial charge < -0.3 is 20.1 Å². The number of aliphatic hydroxyl groups is 1. The molecule has 0 radical (unpaired) electrons. The second kappa shape index (κ2) is 7.84. The number of hydrogen-bond donors (Lipinski definition) is 2. The number of carbonyl (C=O) groups is 1. The van der Waals surface area contributed by atoms with Gasteiger partial charge in [0.2, 0.25) is 0 Å². The summed E-state index contributed by atoms with van der Waals surface area (Å²) in [6, 6.07) is 0.253. The maximum atomic E-state index is 12.4. The van der Waals surface area contributed by atoms with Crippen LogP contribution in [0.5, 0.6) is 0 Å². The SMILES string of the molecule is CCNC(CCO)C1CCCCN1C(=O)OC(C)(C)C. The van der Waals surface area contributed by atoms with E-state index in [0.717, 1.165) is 32.4 Å². The van der Waals surface area contributed by atoms with Crippen LogP contribution in [-0.4, -0.2) is 53.5 Å². The highest BCUT2D eigenvalue weighted by atomic mass is 16.6. The summed E-state index contributed by atoms with van der Waals surface area (Å²) in [6.45, 7) is 9.43. The summed E-state index contributed by atoms with van der Waals surface area (Å²) in [4.78, 5) is 14.2. The third-order valence-electron chi connectivity index (χ3n) is 3.55. The number of nitrogens with zero attached hydrogens (tertiary/aromatic N) is 1. The number of amides is 1. The summed E-state index contributed by atoms with van der Waals surface area (Å²) < 4.78 is 5.51. The average Bonchev–Trinajstić information content (AvgIpc) is 2.36. The molecule has 1 saturated heterocycles. The zero-order valence-electron chi connectivity index (χ0n) is 13.3. The molecule has 118 valence electrons. The summed E-state index contributed by atoms with van der Waals surface area (Å²) >= 11 is 0. The number of likely N-dealkylation sites (tertiary alicyclic amines) is 1. The van der Waals surface area contributed by atoms with E-state index < -0.39 is 5.60 Å². The third kappa shape index (κ3) is 5.29. The predicted octanol–water partition coefficient (Wildman–Crippen LogP) is 2.14. The lowest BCUT2D eigenvalue weighted by atomic mass is 9.94. The van der Waals surface area contributed by atoms with E-state index in [1.807, 2.05) is 32.6 Å². The molecular formula is C15H30N2O3. The van der Waals surface area contributed by atoms with Gasteiger partial charge in [-0.05, 0) is 53.0 Å². The van der Waals surface area contributed by atoms with Crippen molar-refractivity contribution in [2.24, 2.45) is 0 Å². The lowest BCUT2D eigenvalue weighted by Gasteiger charge is -2.41. The van der Waals surface area contributed by atoms with Crippen molar-refractivity contribution < 1.29 is 14.6 Å². The van der Waals surface area contributed by atoms with Gasteiger partial charge in [0.1, 0.15) is 5.60 Å². The van der Waals surface area contributed by atoms with Crippen LogP contribution in [0.2, 0.25) is 0 Å². The van der Waals surface area contributed by atoms with E-state index in [9.17, 15) is 9.90 Å². The van der Waals surface area contributed by atoms with Gasteiger partial charge in [-0.25, -0.2) is 4.79 Å². The van der Waals surface area contributed by atoms with Crippen molar-refractivity contribution in [1.29, 1.82) is 0 Å². The Morgan fingerprint density at radius 1 is 1.45 bits per heavy atom. The average molecular weight is 286 g/mol. The first-order valence-electron chi connectivity index (χ1n) is 7.73. The lowest BCUT2D eigenvalue weighted by Crippen LogP contribution is -2.55. The molecule has 1 heterocycles. The molecule has 1 aliphatic rings. The normalized spacial score (nSPS) is 21.6. The Morgan fingerprint density at radius 3 is 2.70 bits per heavy atom. The van der Waals surface area contributed by atoms with E-state index in [1.54, 1.807) is 0 Å². The van der Waals surface area contributed by atoms with Crippen molar-refractivity contribution in [3.8, 4) is 0 Å². The van der Waals surface area contributed by atoms with Gasteiger partial charge in [-0.15, -0.1) is 0 Å². The van der Waals surface area contributed by atoms with Crippen LogP contribution in [0.15, 0.2) is 0 Å². The smallest absolute Gasteiger partial charge is 0.410 e. The number of carbonyl (C=O) groups excluding carboxylic acids is 1. The van der Waals surface area contributed by atoms with Gasteiger partial charge in [0.25, 0.3) is 0 Å². The van der Waals surface area contributed by atoms with Crippen molar-refractivity contribution in [3.63, 3.8) is 0 Å². The number of rotatable bonds is 5. The monoisotopic (exact) mass is 286 g/mol. The molecule has 1 fully saturated rings. The van der Waals surface area contributed by atoms with Crippen molar-refractivity contribution in [1.82, 2.24) is 10.2 Å². The molecule has 0 saturated carbocycles. The molecule has 1 aliphatic heterocycles. The summed E-state index contributed by atoms with van der Waals surface area (Å²) in [6.07, 6.45) is 3.54. The van der Waals surface area contributed by atoms with Gasteiger partial charge in [0.15, 0.2) is 0 Å². The Bertz CT molecular complexity index is 296. The first kappa shape index (κ1) is 17.2. The second-order valence-electron chi connectivity index (χ2n) is 6.41. The number of piperidine rings is 1. The zero-order chi connectivity index (χ0) is 15.2. The number of ether oxygens (including phenoxy) is 1. The van der Waals surface area contributed by atoms with Crippen LogP contribution >= 0.6 is 0 Å². The molecule has 0 bridgehead atoms. The molecule has 0 aromatic rings. The van der Waals surface area contributed by atoms with Crippen molar-refractivity contribution >= 4 is 6.09 Å². The topological polar surface area (TPSA) is 61.8 Å². The van der Waals surface area contributed by atoms with Crippen LogP contribution in [0.3, 0.4) is 0 Å². The molecular weight excluding hydrogens is 256 g/mol. The molecule has 2 atom stereocenters. The van der Waals surface area contributed by atoms with E-state index in [-0.39, 0.29) is 24.8 Å². The first-order valence-corrected chi connectivity index (χ1v) is 7.73. The summed E-state index contributed by atoms with van der Waals surface area (Å²) in [7, 11) is 0. The first-order chi connectivity index (χ1) is 9.39. The van der Waals surface area contributed by atoms with E-state index >= 15 is 0 Å². The molecule has 5 heteroatoms. The molecule has 1 amide bonds. The number of hydrogen-bond acceptors (Lipinski definition) is 4. The largest absolute Gasteiger partial charge is 0.444 e. The Morgan fingerprint density at radius 2 is 2.15 bits per heavy atom. The Labute approximate surface area is 122 Å². The van der Waals surface area contributed by atoms with Crippen molar-refractivity contribution in [2.45, 2.75) is 71.1 Å². The standard InChI is InChI=1S/C15H30N2O3/c1-5-16-12(9-11-18)13-8-6-7-10-17(13)14(19)20-15(2,3)4/h12-13,16,18H,5-11H2,1-4H3. The van der Waals surface area contributed by atoms with Crippen LogP contribution in [0.25, 0.3) is 0 Å². The van der Waals surface area contributed by atoms with Gasteiger partial charge in [-0.1, -0.05) is 6.92 Å². The van der Waals surface area contributed by atoms with Crippen LogP contribution < -0.4 is 5.32 Å². The molecule has 0 aromatic carbocycles. The summed E-state index contributed by atoms with van der Waals surface area (Å²) in [5, 5.41) is 12.6. The maximum absolute atomic E-state index is 12.4. The van der Waals surface area contributed by atoms with Crippen LogP contribution in [0.1, 0.15) is 53.4 Å². The van der Waals surface area contributed by atoms with Gasteiger partial charge in [0, 0.05) is 19.2 Å². The molecule has 2 N–H and O–H groups in total. The molecule has 1 rings (SSSR count). The highest BCUT2D eigenvalue weighted by Crippen LogP contribution is 2.23.